The average Bonchev–Trinajstić information content (AvgIpc) is 2.24. The van der Waals surface area contributed by atoms with Crippen LogP contribution in [0.15, 0.2) is 0 Å². The molecule has 2 rings (SSSR count). The van der Waals surface area contributed by atoms with Crippen LogP contribution in [0.4, 0.5) is 4.79 Å². The van der Waals surface area contributed by atoms with Crippen LogP contribution < -0.4 is 5.32 Å². The van der Waals surface area contributed by atoms with Crippen molar-refractivity contribution in [3.63, 3.8) is 0 Å². The Labute approximate surface area is 102 Å². The fourth-order valence-electron chi connectivity index (χ4n) is 2.85. The van der Waals surface area contributed by atoms with Crippen LogP contribution in [0.1, 0.15) is 20.3 Å². The van der Waals surface area contributed by atoms with Crippen molar-refractivity contribution in [3.05, 3.63) is 0 Å². The highest BCUT2D eigenvalue weighted by molar-refractivity contribution is 5.97. The number of hydrogen-bond acceptors (Lipinski definition) is 3. The normalized spacial score (nSPS) is 35.9. The van der Waals surface area contributed by atoms with Crippen LogP contribution in [-0.4, -0.2) is 54.5 Å². The zero-order chi connectivity index (χ0) is 12.6. The molecule has 2 aliphatic heterocycles. The van der Waals surface area contributed by atoms with E-state index in [4.69, 9.17) is 0 Å². The van der Waals surface area contributed by atoms with Crippen LogP contribution in [0.2, 0.25) is 0 Å². The van der Waals surface area contributed by atoms with Gasteiger partial charge in [0.05, 0.1) is 5.92 Å². The van der Waals surface area contributed by atoms with Crippen LogP contribution in [0.5, 0.6) is 0 Å². The second-order valence-electron chi connectivity index (χ2n) is 5.44. The summed E-state index contributed by atoms with van der Waals surface area (Å²) in [7, 11) is 2.11. The molecule has 3 unspecified atom stereocenters. The number of piperidine rings is 1. The topological polar surface area (TPSA) is 52.6 Å². The third kappa shape index (κ3) is 2.44. The van der Waals surface area contributed by atoms with Gasteiger partial charge in [0.2, 0.25) is 5.91 Å². The minimum absolute atomic E-state index is 0.0976. The number of likely N-dealkylation sites (tertiary alicyclic amines) is 1. The molecule has 0 spiro atoms. The summed E-state index contributed by atoms with van der Waals surface area (Å²) in [6, 6.07) is 0.0521. The number of rotatable bonds is 1. The molecule has 0 aromatic carbocycles. The number of urea groups is 1. The largest absolute Gasteiger partial charge is 0.324 e. The lowest BCUT2D eigenvalue weighted by molar-refractivity contribution is -0.126. The van der Waals surface area contributed by atoms with Crippen molar-refractivity contribution < 1.29 is 9.59 Å². The molecule has 2 heterocycles. The highest BCUT2D eigenvalue weighted by Gasteiger charge is 2.37. The van der Waals surface area contributed by atoms with E-state index in [1.807, 2.05) is 11.8 Å². The average molecular weight is 239 g/mol. The summed E-state index contributed by atoms with van der Waals surface area (Å²) >= 11 is 0. The highest BCUT2D eigenvalue weighted by atomic mass is 16.2. The first-order valence-corrected chi connectivity index (χ1v) is 6.29. The quantitative estimate of drug-likeness (QED) is 0.725. The minimum atomic E-state index is -0.213. The maximum atomic E-state index is 11.9. The van der Waals surface area contributed by atoms with Gasteiger partial charge in [0, 0.05) is 19.1 Å². The van der Waals surface area contributed by atoms with Crippen molar-refractivity contribution in [2.45, 2.75) is 26.3 Å². The Morgan fingerprint density at radius 1 is 1.24 bits per heavy atom. The van der Waals surface area contributed by atoms with Gasteiger partial charge in [-0.05, 0) is 25.9 Å². The Balaban J connectivity index is 2.06. The van der Waals surface area contributed by atoms with Gasteiger partial charge in [-0.15, -0.1) is 0 Å². The number of amides is 3. The molecule has 17 heavy (non-hydrogen) atoms. The molecule has 0 aromatic rings. The van der Waals surface area contributed by atoms with E-state index in [-0.39, 0.29) is 23.9 Å². The summed E-state index contributed by atoms with van der Waals surface area (Å²) in [5.74, 6) is 0.214. The Morgan fingerprint density at radius 3 is 2.59 bits per heavy atom. The number of imide groups is 1. The van der Waals surface area contributed by atoms with E-state index in [2.05, 4.69) is 24.2 Å². The lowest BCUT2D eigenvalue weighted by Crippen LogP contribution is -2.60. The van der Waals surface area contributed by atoms with E-state index in [0.717, 1.165) is 19.5 Å². The molecule has 0 aliphatic carbocycles. The van der Waals surface area contributed by atoms with E-state index in [9.17, 15) is 9.59 Å². The molecule has 96 valence electrons. The molecule has 5 nitrogen and oxygen atoms in total. The van der Waals surface area contributed by atoms with Gasteiger partial charge in [0.15, 0.2) is 0 Å². The van der Waals surface area contributed by atoms with E-state index in [1.54, 1.807) is 0 Å². The van der Waals surface area contributed by atoms with Crippen molar-refractivity contribution in [3.8, 4) is 0 Å². The first-order valence-electron chi connectivity index (χ1n) is 6.29. The number of nitrogens with one attached hydrogen (secondary N) is 1. The number of carbonyl (C=O) groups is 2. The zero-order valence-corrected chi connectivity index (χ0v) is 10.8. The summed E-state index contributed by atoms with van der Waals surface area (Å²) in [6.07, 6.45) is 0.992. The van der Waals surface area contributed by atoms with Gasteiger partial charge in [-0.1, -0.05) is 13.8 Å². The van der Waals surface area contributed by atoms with Gasteiger partial charge in [0.25, 0.3) is 0 Å². The molecule has 3 atom stereocenters. The molecule has 3 amide bonds. The summed E-state index contributed by atoms with van der Waals surface area (Å²) in [5.41, 5.74) is 0. The lowest BCUT2D eigenvalue weighted by Gasteiger charge is -2.43. The fraction of sp³-hybridized carbons (Fsp3) is 0.833. The van der Waals surface area contributed by atoms with Gasteiger partial charge in [-0.25, -0.2) is 4.79 Å². The van der Waals surface area contributed by atoms with Crippen LogP contribution in [-0.2, 0) is 4.79 Å². The molecular formula is C12H21N3O2. The molecule has 1 N–H and O–H groups in total. The third-order valence-electron chi connectivity index (χ3n) is 3.87. The second kappa shape index (κ2) is 4.64. The zero-order valence-electron chi connectivity index (χ0n) is 10.8. The molecule has 5 heteroatoms. The van der Waals surface area contributed by atoms with Crippen LogP contribution in [0, 0.1) is 11.8 Å². The van der Waals surface area contributed by atoms with Crippen molar-refractivity contribution in [2.75, 3.05) is 26.7 Å². The standard InChI is InChI=1S/C12H21N3O2/c1-8-6-14(3)5-4-10(8)15-7-9(2)11(16)13-12(15)17/h8-10H,4-7H2,1-3H3,(H,13,16,17). The van der Waals surface area contributed by atoms with Gasteiger partial charge in [-0.2, -0.15) is 0 Å². The van der Waals surface area contributed by atoms with Gasteiger partial charge >= 0.3 is 6.03 Å². The van der Waals surface area contributed by atoms with Crippen molar-refractivity contribution in [1.82, 2.24) is 15.1 Å². The molecule has 2 fully saturated rings. The summed E-state index contributed by atoms with van der Waals surface area (Å²) in [6.45, 7) is 6.63. The van der Waals surface area contributed by atoms with Crippen LogP contribution in [0.25, 0.3) is 0 Å². The lowest BCUT2D eigenvalue weighted by atomic mass is 9.91. The first-order chi connectivity index (χ1) is 7.99. The van der Waals surface area contributed by atoms with Crippen molar-refractivity contribution >= 4 is 11.9 Å². The maximum absolute atomic E-state index is 11.9. The smallest absolute Gasteiger partial charge is 0.320 e. The third-order valence-corrected chi connectivity index (χ3v) is 3.87. The van der Waals surface area contributed by atoms with Crippen molar-refractivity contribution in [2.24, 2.45) is 11.8 Å². The van der Waals surface area contributed by atoms with Crippen LogP contribution >= 0.6 is 0 Å². The Hall–Kier alpha value is -1.10. The van der Waals surface area contributed by atoms with Gasteiger partial charge in [-0.3, -0.25) is 10.1 Å². The van der Waals surface area contributed by atoms with Gasteiger partial charge < -0.3 is 9.80 Å². The van der Waals surface area contributed by atoms with E-state index >= 15 is 0 Å². The molecule has 0 saturated carbocycles. The second-order valence-corrected chi connectivity index (χ2v) is 5.44. The van der Waals surface area contributed by atoms with E-state index in [0.29, 0.717) is 12.5 Å². The number of nitrogens with zero attached hydrogens (tertiary/aromatic N) is 2. The Bertz CT molecular complexity index is 332. The predicted octanol–water partition coefficient (Wildman–Crippen LogP) is 0.515. The minimum Gasteiger partial charge on any atom is -0.320 e. The number of carbonyl (C=O) groups excluding carboxylic acids is 2. The molecule has 0 aromatic heterocycles. The van der Waals surface area contributed by atoms with Gasteiger partial charge in [0.1, 0.15) is 0 Å². The molecule has 0 radical (unpaired) electrons. The van der Waals surface area contributed by atoms with E-state index < -0.39 is 0 Å². The summed E-state index contributed by atoms with van der Waals surface area (Å²) in [4.78, 5) is 27.4. The highest BCUT2D eigenvalue weighted by Crippen LogP contribution is 2.24. The summed E-state index contributed by atoms with van der Waals surface area (Å²) < 4.78 is 0. The summed E-state index contributed by atoms with van der Waals surface area (Å²) in [5, 5.41) is 2.44. The molecule has 2 saturated heterocycles. The monoisotopic (exact) mass is 239 g/mol. The Kier molecular flexibility index (Phi) is 3.38. The first kappa shape index (κ1) is 12.4. The molecule has 0 bridgehead atoms. The molecule has 2 aliphatic rings. The van der Waals surface area contributed by atoms with Crippen LogP contribution in [0.3, 0.4) is 0 Å². The fourth-order valence-corrected chi connectivity index (χ4v) is 2.85. The SMILES string of the molecule is CC1CN(C2CCN(C)CC2C)C(=O)NC1=O. The maximum Gasteiger partial charge on any atom is 0.324 e. The number of hydrogen-bond donors (Lipinski definition) is 1. The molecular weight excluding hydrogens is 218 g/mol. The Morgan fingerprint density at radius 2 is 1.94 bits per heavy atom. The van der Waals surface area contributed by atoms with Crippen molar-refractivity contribution in [1.29, 1.82) is 0 Å². The van der Waals surface area contributed by atoms with E-state index in [1.165, 1.54) is 0 Å². The predicted molar refractivity (Wildman–Crippen MR) is 64.5 cm³/mol.